The minimum Gasteiger partial charge on any atom is -0.497 e. The van der Waals surface area contributed by atoms with Gasteiger partial charge in [-0.25, -0.2) is 0 Å². The lowest BCUT2D eigenvalue weighted by Crippen LogP contribution is -2.40. The maximum Gasteiger partial charge on any atom is 0.251 e. The molecule has 2 aliphatic rings. The van der Waals surface area contributed by atoms with Gasteiger partial charge < -0.3 is 30.9 Å². The lowest BCUT2D eigenvalue weighted by molar-refractivity contribution is -0.130. The lowest BCUT2D eigenvalue weighted by atomic mass is 9.91. The molecule has 1 aliphatic heterocycles. The van der Waals surface area contributed by atoms with Gasteiger partial charge in [-0.3, -0.25) is 14.4 Å². The summed E-state index contributed by atoms with van der Waals surface area (Å²) in [5.41, 5.74) is 9.86. The van der Waals surface area contributed by atoms with Crippen molar-refractivity contribution in [2.24, 2.45) is 5.73 Å². The molecule has 3 aromatic rings. The van der Waals surface area contributed by atoms with E-state index in [1.54, 1.807) is 13.2 Å². The van der Waals surface area contributed by atoms with Crippen LogP contribution in [-0.4, -0.2) is 68.0 Å². The Hall–Kier alpha value is -4.37. The highest BCUT2D eigenvalue weighted by Gasteiger charge is 2.24. The number of benzene rings is 3. The summed E-state index contributed by atoms with van der Waals surface area (Å²) < 4.78 is 5.23. The number of carbonyl (C=O) groups excluding carboxylic acids is 3. The fourth-order valence-electron chi connectivity index (χ4n) is 6.00. The van der Waals surface area contributed by atoms with E-state index in [9.17, 15) is 14.4 Å². The Morgan fingerprint density at radius 3 is 2.30 bits per heavy atom. The number of nitrogens with two attached hydrogens (primary N) is 1. The first-order valence-corrected chi connectivity index (χ1v) is 15.6. The van der Waals surface area contributed by atoms with E-state index in [-0.39, 0.29) is 36.2 Å². The molecule has 1 saturated heterocycles. The number of nitrogens with zero attached hydrogens (tertiary/aromatic N) is 2. The van der Waals surface area contributed by atoms with Gasteiger partial charge >= 0.3 is 0 Å². The van der Waals surface area contributed by atoms with E-state index in [1.807, 2.05) is 71.6 Å². The van der Waals surface area contributed by atoms with Crippen molar-refractivity contribution in [2.45, 2.75) is 57.0 Å². The molecule has 0 aromatic heterocycles. The summed E-state index contributed by atoms with van der Waals surface area (Å²) in [4.78, 5) is 43.7. The van der Waals surface area contributed by atoms with Crippen LogP contribution >= 0.6 is 0 Å². The van der Waals surface area contributed by atoms with Crippen molar-refractivity contribution in [1.29, 1.82) is 0 Å². The molecule has 2 fully saturated rings. The van der Waals surface area contributed by atoms with Crippen LogP contribution in [0.3, 0.4) is 0 Å². The molecular formula is C35H43N5O4. The number of nitrogens with one attached hydrogen (secondary N) is 2. The minimum absolute atomic E-state index is 0.0871. The number of hydrogen-bond acceptors (Lipinski definition) is 6. The van der Waals surface area contributed by atoms with Crippen molar-refractivity contribution in [3.8, 4) is 5.75 Å². The summed E-state index contributed by atoms with van der Waals surface area (Å²) in [7, 11) is 1.62. The van der Waals surface area contributed by atoms with Crippen LogP contribution in [0.25, 0.3) is 0 Å². The summed E-state index contributed by atoms with van der Waals surface area (Å²) in [6, 6.07) is 23.0. The van der Waals surface area contributed by atoms with Crippen LogP contribution < -0.4 is 26.0 Å². The first-order valence-electron chi connectivity index (χ1n) is 15.6. The van der Waals surface area contributed by atoms with Crippen molar-refractivity contribution in [2.75, 3.05) is 43.5 Å². The van der Waals surface area contributed by atoms with Crippen LogP contribution in [0.2, 0.25) is 0 Å². The second kappa shape index (κ2) is 14.9. The van der Waals surface area contributed by atoms with Crippen LogP contribution in [-0.2, 0) is 22.4 Å². The van der Waals surface area contributed by atoms with E-state index < -0.39 is 0 Å². The van der Waals surface area contributed by atoms with Gasteiger partial charge in [0.15, 0.2) is 0 Å². The number of rotatable bonds is 9. The first kappa shape index (κ1) is 31.1. The average Bonchev–Trinajstić information content (AvgIpc) is 3.29. The van der Waals surface area contributed by atoms with Crippen molar-refractivity contribution >= 4 is 29.1 Å². The van der Waals surface area contributed by atoms with Gasteiger partial charge in [0.05, 0.1) is 31.3 Å². The molecule has 0 unspecified atom stereocenters. The van der Waals surface area contributed by atoms with Crippen molar-refractivity contribution in [3.05, 3.63) is 89.5 Å². The molecule has 1 saturated carbocycles. The van der Waals surface area contributed by atoms with Crippen molar-refractivity contribution < 1.29 is 19.1 Å². The van der Waals surface area contributed by atoms with Crippen LogP contribution in [0, 0.1) is 0 Å². The Morgan fingerprint density at radius 1 is 0.841 bits per heavy atom. The molecule has 0 atom stereocenters. The van der Waals surface area contributed by atoms with E-state index in [0.29, 0.717) is 37.3 Å². The van der Waals surface area contributed by atoms with Gasteiger partial charge in [-0.15, -0.1) is 0 Å². The summed E-state index contributed by atoms with van der Waals surface area (Å²) in [6.45, 7) is 2.57. The summed E-state index contributed by atoms with van der Waals surface area (Å²) >= 11 is 0. The van der Waals surface area contributed by atoms with Crippen LogP contribution in [0.4, 0.5) is 11.4 Å². The molecule has 9 nitrogen and oxygen atoms in total. The summed E-state index contributed by atoms with van der Waals surface area (Å²) in [5.74, 6) is 0.550. The highest BCUT2D eigenvalue weighted by molar-refractivity contribution is 6.00. The SMILES string of the molecule is COc1ccc(CC(=O)N2CCCN(c3ccc(C(=O)NC4CCC(N)CC4)cc3NC(=O)Cc3ccccc3)CC2)cc1. The Labute approximate surface area is 259 Å². The maximum atomic E-state index is 13.3. The predicted octanol–water partition coefficient (Wildman–Crippen LogP) is 4.16. The second-order valence-electron chi connectivity index (χ2n) is 11.8. The zero-order valence-electron chi connectivity index (χ0n) is 25.5. The molecule has 0 spiro atoms. The van der Waals surface area contributed by atoms with Crippen molar-refractivity contribution in [3.63, 3.8) is 0 Å². The zero-order valence-corrected chi connectivity index (χ0v) is 25.5. The Morgan fingerprint density at radius 2 is 1.57 bits per heavy atom. The summed E-state index contributed by atoms with van der Waals surface area (Å²) in [6.07, 6.45) is 4.89. The van der Waals surface area contributed by atoms with Gasteiger partial charge in [-0.2, -0.15) is 0 Å². The molecule has 0 bridgehead atoms. The van der Waals surface area contributed by atoms with Gasteiger partial charge in [0, 0.05) is 43.8 Å². The fourth-order valence-corrected chi connectivity index (χ4v) is 6.00. The number of ether oxygens (including phenoxy) is 1. The van der Waals surface area contributed by atoms with E-state index in [4.69, 9.17) is 10.5 Å². The van der Waals surface area contributed by atoms with Gasteiger partial charge in [-0.05, 0) is 73.6 Å². The smallest absolute Gasteiger partial charge is 0.251 e. The van der Waals surface area contributed by atoms with E-state index in [1.165, 1.54) is 0 Å². The largest absolute Gasteiger partial charge is 0.497 e. The number of hydrogen-bond donors (Lipinski definition) is 3. The molecule has 232 valence electrons. The van der Waals surface area contributed by atoms with Crippen LogP contribution in [0.15, 0.2) is 72.8 Å². The van der Waals surface area contributed by atoms with Crippen LogP contribution in [0.1, 0.15) is 53.6 Å². The fraction of sp³-hybridized carbons (Fsp3) is 0.400. The second-order valence-corrected chi connectivity index (χ2v) is 11.8. The van der Waals surface area contributed by atoms with Crippen LogP contribution in [0.5, 0.6) is 5.75 Å². The molecule has 5 rings (SSSR count). The Kier molecular flexibility index (Phi) is 10.5. The highest BCUT2D eigenvalue weighted by atomic mass is 16.5. The Bertz CT molecular complexity index is 1420. The predicted molar refractivity (Wildman–Crippen MR) is 173 cm³/mol. The Balaban J connectivity index is 1.29. The monoisotopic (exact) mass is 597 g/mol. The maximum absolute atomic E-state index is 13.3. The third kappa shape index (κ3) is 8.38. The molecule has 1 aliphatic carbocycles. The quantitative estimate of drug-likeness (QED) is 0.341. The average molecular weight is 598 g/mol. The minimum atomic E-state index is -0.151. The zero-order chi connectivity index (χ0) is 30.9. The lowest BCUT2D eigenvalue weighted by Gasteiger charge is -2.28. The molecule has 1 heterocycles. The standard InChI is InChI=1S/C35H43N5O4/c1-44-30-15-8-26(9-16-30)23-34(42)40-19-5-18-39(20-21-40)32-17-10-27(35(43)37-29-13-11-28(36)12-14-29)24-31(32)38-33(41)22-25-6-3-2-4-7-25/h2-4,6-10,15-17,24,28-29H,5,11-14,18-23,36H2,1H3,(H,37,43)(H,38,41). The number of methoxy groups -OCH3 is 1. The number of carbonyl (C=O) groups is 3. The van der Waals surface area contributed by atoms with E-state index in [2.05, 4.69) is 15.5 Å². The molecule has 4 N–H and O–H groups in total. The van der Waals surface area contributed by atoms with E-state index >= 15 is 0 Å². The third-order valence-corrected chi connectivity index (χ3v) is 8.55. The normalized spacial score (nSPS) is 18.7. The molecular weight excluding hydrogens is 554 g/mol. The van der Waals surface area contributed by atoms with Gasteiger partial charge in [0.1, 0.15) is 5.75 Å². The molecule has 3 aromatic carbocycles. The van der Waals surface area contributed by atoms with Gasteiger partial charge in [-0.1, -0.05) is 42.5 Å². The highest BCUT2D eigenvalue weighted by Crippen LogP contribution is 2.29. The van der Waals surface area contributed by atoms with Crippen molar-refractivity contribution in [1.82, 2.24) is 10.2 Å². The first-order chi connectivity index (χ1) is 21.4. The number of anilines is 2. The molecule has 44 heavy (non-hydrogen) atoms. The third-order valence-electron chi connectivity index (χ3n) is 8.55. The molecule has 9 heteroatoms. The van der Waals surface area contributed by atoms with Gasteiger partial charge in [0.25, 0.3) is 5.91 Å². The topological polar surface area (TPSA) is 117 Å². The van der Waals surface area contributed by atoms with Gasteiger partial charge in [0.2, 0.25) is 11.8 Å². The molecule has 0 radical (unpaired) electrons. The molecule has 3 amide bonds. The number of amides is 3. The summed E-state index contributed by atoms with van der Waals surface area (Å²) in [5, 5.41) is 6.25. The van der Waals surface area contributed by atoms with E-state index in [0.717, 1.165) is 61.2 Å².